The van der Waals surface area contributed by atoms with E-state index in [0.717, 1.165) is 17.9 Å². The zero-order valence-corrected chi connectivity index (χ0v) is 16.0. The summed E-state index contributed by atoms with van der Waals surface area (Å²) >= 11 is 0. The number of non-ortho nitro benzene ring substituents is 1. The fourth-order valence-corrected chi connectivity index (χ4v) is 2.95. The van der Waals surface area contributed by atoms with Crippen LogP contribution >= 0.6 is 0 Å². The molecule has 3 aromatic carbocycles. The third-order valence-corrected chi connectivity index (χ3v) is 4.38. The van der Waals surface area contributed by atoms with Crippen molar-refractivity contribution < 1.29 is 9.72 Å². The molecule has 0 fully saturated rings. The van der Waals surface area contributed by atoms with E-state index in [1.807, 2.05) is 49.5 Å². The number of anilines is 3. The first-order valence-electron chi connectivity index (χ1n) is 9.15. The smallest absolute Gasteiger partial charge is 0.269 e. The first kappa shape index (κ1) is 19.9. The van der Waals surface area contributed by atoms with Gasteiger partial charge in [-0.2, -0.15) is 0 Å². The minimum atomic E-state index is -0.476. The molecule has 1 amide bonds. The van der Waals surface area contributed by atoms with Crippen LogP contribution in [-0.2, 0) is 11.3 Å². The van der Waals surface area contributed by atoms with E-state index < -0.39 is 4.92 Å². The molecule has 3 aromatic rings. The van der Waals surface area contributed by atoms with E-state index >= 15 is 0 Å². The molecule has 0 radical (unpaired) electrons. The number of carbonyl (C=O) groups excluding carboxylic acids is 1. The Morgan fingerprint density at radius 3 is 2.31 bits per heavy atom. The van der Waals surface area contributed by atoms with E-state index in [-0.39, 0.29) is 18.1 Å². The number of nitrogens with one attached hydrogen (secondary N) is 2. The highest BCUT2D eigenvalue weighted by molar-refractivity contribution is 5.94. The molecule has 2 N–H and O–H groups in total. The molecule has 0 aliphatic heterocycles. The monoisotopic (exact) mass is 390 g/mol. The zero-order valence-electron chi connectivity index (χ0n) is 16.0. The number of nitro benzene ring substituents is 1. The average Bonchev–Trinajstić information content (AvgIpc) is 2.73. The van der Waals surface area contributed by atoms with Crippen LogP contribution in [0, 0.1) is 10.1 Å². The lowest BCUT2D eigenvalue weighted by Crippen LogP contribution is -2.23. The van der Waals surface area contributed by atoms with E-state index in [1.54, 1.807) is 0 Å². The van der Waals surface area contributed by atoms with Crippen LogP contribution in [0.25, 0.3) is 0 Å². The lowest BCUT2D eigenvalue weighted by atomic mass is 10.2. The summed E-state index contributed by atoms with van der Waals surface area (Å²) in [6.45, 7) is 0.821. The molecule has 0 aliphatic carbocycles. The van der Waals surface area contributed by atoms with Gasteiger partial charge in [0.25, 0.3) is 5.69 Å². The molecule has 0 aromatic heterocycles. The van der Waals surface area contributed by atoms with Crippen LogP contribution in [0.3, 0.4) is 0 Å². The topological polar surface area (TPSA) is 87.5 Å². The molecule has 148 valence electrons. The number of carbonyl (C=O) groups is 1. The van der Waals surface area contributed by atoms with E-state index in [4.69, 9.17) is 0 Å². The molecule has 0 saturated carbocycles. The highest BCUT2D eigenvalue weighted by atomic mass is 16.6. The minimum Gasteiger partial charge on any atom is -0.374 e. The molecule has 0 heterocycles. The Hall–Kier alpha value is -3.87. The second kappa shape index (κ2) is 9.36. The predicted molar refractivity (Wildman–Crippen MR) is 115 cm³/mol. The van der Waals surface area contributed by atoms with Crippen molar-refractivity contribution in [2.75, 3.05) is 29.1 Å². The van der Waals surface area contributed by atoms with Crippen molar-refractivity contribution in [3.63, 3.8) is 0 Å². The van der Waals surface area contributed by atoms with Crippen molar-refractivity contribution in [3.05, 3.63) is 94.5 Å². The first-order valence-corrected chi connectivity index (χ1v) is 9.15. The van der Waals surface area contributed by atoms with Crippen molar-refractivity contribution in [3.8, 4) is 0 Å². The van der Waals surface area contributed by atoms with Crippen molar-refractivity contribution in [2.45, 2.75) is 6.54 Å². The van der Waals surface area contributed by atoms with Gasteiger partial charge in [0.1, 0.15) is 0 Å². The largest absolute Gasteiger partial charge is 0.374 e. The van der Waals surface area contributed by atoms with Gasteiger partial charge in [-0.15, -0.1) is 0 Å². The molecule has 3 rings (SSSR count). The van der Waals surface area contributed by atoms with Crippen LogP contribution < -0.4 is 15.5 Å². The summed E-state index contributed by atoms with van der Waals surface area (Å²) in [4.78, 5) is 24.6. The summed E-state index contributed by atoms with van der Waals surface area (Å²) in [5.41, 5.74) is 3.53. The normalized spacial score (nSPS) is 10.2. The van der Waals surface area contributed by atoms with Crippen LogP contribution in [0.1, 0.15) is 5.56 Å². The lowest BCUT2D eigenvalue weighted by Gasteiger charge is -2.23. The van der Waals surface area contributed by atoms with Gasteiger partial charge in [-0.3, -0.25) is 14.9 Å². The van der Waals surface area contributed by atoms with Crippen LogP contribution in [0.15, 0.2) is 78.9 Å². The maximum absolute atomic E-state index is 12.3. The molecule has 0 spiro atoms. The second-order valence-corrected chi connectivity index (χ2v) is 6.56. The fourth-order valence-electron chi connectivity index (χ4n) is 2.95. The van der Waals surface area contributed by atoms with Gasteiger partial charge in [0.2, 0.25) is 5.91 Å². The second-order valence-electron chi connectivity index (χ2n) is 6.56. The molecule has 0 aliphatic rings. The highest BCUT2D eigenvalue weighted by Crippen LogP contribution is 2.25. The average molecular weight is 390 g/mol. The number of hydrogen-bond donors (Lipinski definition) is 2. The number of nitrogens with zero attached hydrogens (tertiary/aromatic N) is 2. The van der Waals surface area contributed by atoms with Crippen LogP contribution in [-0.4, -0.2) is 24.4 Å². The molecule has 0 bridgehead atoms. The quantitative estimate of drug-likeness (QED) is 0.443. The van der Waals surface area contributed by atoms with E-state index in [9.17, 15) is 14.9 Å². The van der Waals surface area contributed by atoms with E-state index in [1.165, 1.54) is 29.8 Å². The molecular weight excluding hydrogens is 368 g/mol. The summed E-state index contributed by atoms with van der Waals surface area (Å²) < 4.78 is 0. The number of amides is 1. The Morgan fingerprint density at radius 1 is 0.966 bits per heavy atom. The summed E-state index contributed by atoms with van der Waals surface area (Å²) in [5.74, 6) is -0.237. The number of hydrogen-bond acceptors (Lipinski definition) is 5. The van der Waals surface area contributed by atoms with Crippen molar-refractivity contribution in [2.24, 2.45) is 0 Å². The summed E-state index contributed by atoms with van der Waals surface area (Å²) in [6.07, 6.45) is 0. The highest BCUT2D eigenvalue weighted by Gasteiger charge is 2.10. The Balaban J connectivity index is 1.60. The molecule has 0 atom stereocenters. The maximum atomic E-state index is 12.3. The van der Waals surface area contributed by atoms with Crippen LogP contribution in [0.5, 0.6) is 0 Å². The van der Waals surface area contributed by atoms with Gasteiger partial charge in [0.15, 0.2) is 0 Å². The molecule has 0 saturated heterocycles. The summed E-state index contributed by atoms with van der Waals surface area (Å²) in [7, 11) is 2.00. The number of benzene rings is 3. The molecular formula is C22H22N4O3. The maximum Gasteiger partial charge on any atom is 0.269 e. The van der Waals surface area contributed by atoms with Gasteiger partial charge in [0.05, 0.1) is 22.8 Å². The van der Waals surface area contributed by atoms with Gasteiger partial charge in [0, 0.05) is 31.4 Å². The zero-order chi connectivity index (χ0) is 20.6. The number of nitro groups is 1. The van der Waals surface area contributed by atoms with Gasteiger partial charge < -0.3 is 15.5 Å². The van der Waals surface area contributed by atoms with Crippen LogP contribution in [0.2, 0.25) is 0 Å². The van der Waals surface area contributed by atoms with Crippen molar-refractivity contribution >= 4 is 28.7 Å². The molecule has 29 heavy (non-hydrogen) atoms. The first-order chi connectivity index (χ1) is 14.0. The third-order valence-electron chi connectivity index (χ3n) is 4.38. The molecule has 7 nitrogen and oxygen atoms in total. The summed E-state index contributed by atoms with van der Waals surface area (Å²) in [5, 5.41) is 16.6. The van der Waals surface area contributed by atoms with Gasteiger partial charge in [-0.05, 0) is 29.8 Å². The number of para-hydroxylation sites is 2. The SMILES string of the molecule is CN(Cc1ccccc1)c1ccccc1NCC(=O)Nc1ccc([N+](=O)[O-])cc1. The Kier molecular flexibility index (Phi) is 6.42. The standard InChI is InChI=1S/C22H22N4O3/c1-25(16-17-7-3-2-4-8-17)21-10-6-5-9-20(21)23-15-22(27)24-18-11-13-19(14-12-18)26(28)29/h2-14,23H,15-16H2,1H3,(H,24,27). The van der Waals surface area contributed by atoms with E-state index in [2.05, 4.69) is 27.7 Å². The van der Waals surface area contributed by atoms with Crippen LogP contribution in [0.4, 0.5) is 22.7 Å². The van der Waals surface area contributed by atoms with E-state index in [0.29, 0.717) is 5.69 Å². The Morgan fingerprint density at radius 2 is 1.62 bits per heavy atom. The fraction of sp³-hybridized carbons (Fsp3) is 0.136. The summed E-state index contributed by atoms with van der Waals surface area (Å²) in [6, 6.07) is 23.7. The lowest BCUT2D eigenvalue weighted by molar-refractivity contribution is -0.384. The third kappa shape index (κ3) is 5.55. The molecule has 0 unspecified atom stereocenters. The van der Waals surface area contributed by atoms with Crippen molar-refractivity contribution in [1.29, 1.82) is 0 Å². The predicted octanol–water partition coefficient (Wildman–Crippen LogP) is 4.28. The minimum absolute atomic E-state index is 0.0171. The number of rotatable bonds is 8. The van der Waals surface area contributed by atoms with Gasteiger partial charge >= 0.3 is 0 Å². The Labute approximate surface area is 169 Å². The molecule has 7 heteroatoms. The van der Waals surface area contributed by atoms with Gasteiger partial charge in [-0.25, -0.2) is 0 Å². The Bertz CT molecular complexity index is 975. The van der Waals surface area contributed by atoms with Crippen molar-refractivity contribution in [1.82, 2.24) is 0 Å². The van der Waals surface area contributed by atoms with Gasteiger partial charge in [-0.1, -0.05) is 42.5 Å².